The molecule has 2 nitrogen and oxygen atoms in total. The first kappa shape index (κ1) is 14.3. The summed E-state index contributed by atoms with van der Waals surface area (Å²) in [7, 11) is 0. The quantitative estimate of drug-likeness (QED) is 0.683. The Morgan fingerprint density at radius 2 is 1.95 bits per heavy atom. The summed E-state index contributed by atoms with van der Waals surface area (Å²) in [4.78, 5) is 2.43. The largest absolute Gasteiger partial charge is 0.310 e. The Hall–Kier alpha value is -1.12. The lowest BCUT2D eigenvalue weighted by molar-refractivity contribution is 0.295. The van der Waals surface area contributed by atoms with Crippen molar-refractivity contribution in [2.24, 2.45) is 0 Å². The van der Waals surface area contributed by atoms with E-state index in [4.69, 9.17) is 0 Å². The van der Waals surface area contributed by atoms with E-state index in [0.29, 0.717) is 0 Å². The van der Waals surface area contributed by atoms with Crippen molar-refractivity contribution in [1.29, 1.82) is 0 Å². The molecule has 1 fully saturated rings. The van der Waals surface area contributed by atoms with Gasteiger partial charge < -0.3 is 5.32 Å². The van der Waals surface area contributed by atoms with Crippen molar-refractivity contribution in [1.82, 2.24) is 10.2 Å². The van der Waals surface area contributed by atoms with Gasteiger partial charge in [0.1, 0.15) is 0 Å². The molecule has 0 aromatic heterocycles. The van der Waals surface area contributed by atoms with Crippen molar-refractivity contribution < 1.29 is 0 Å². The minimum Gasteiger partial charge on any atom is -0.310 e. The first-order chi connectivity index (χ1) is 9.31. The normalized spacial score (nSPS) is 14.8. The summed E-state index contributed by atoms with van der Waals surface area (Å²) >= 11 is 0. The van der Waals surface area contributed by atoms with Gasteiger partial charge in [0.25, 0.3) is 0 Å². The lowest BCUT2D eigenvalue weighted by Gasteiger charge is -2.20. The van der Waals surface area contributed by atoms with E-state index in [1.807, 2.05) is 6.08 Å². The Morgan fingerprint density at radius 1 is 1.26 bits per heavy atom. The molecule has 1 N–H and O–H groups in total. The van der Waals surface area contributed by atoms with Crippen LogP contribution in [0.15, 0.2) is 36.9 Å². The lowest BCUT2D eigenvalue weighted by Crippen LogP contribution is -2.24. The van der Waals surface area contributed by atoms with E-state index in [0.717, 1.165) is 32.2 Å². The molecule has 0 unspecified atom stereocenters. The molecule has 0 bridgehead atoms. The number of hydrogen-bond acceptors (Lipinski definition) is 2. The molecule has 19 heavy (non-hydrogen) atoms. The number of nitrogens with zero attached hydrogens (tertiary/aromatic N) is 1. The van der Waals surface area contributed by atoms with Crippen LogP contribution in [-0.4, -0.2) is 24.0 Å². The molecular formula is C17H26N2. The molecule has 0 atom stereocenters. The summed E-state index contributed by atoms with van der Waals surface area (Å²) in [6.45, 7) is 10.2. The van der Waals surface area contributed by atoms with Crippen molar-refractivity contribution in [2.75, 3.05) is 13.1 Å². The molecule has 1 aliphatic rings. The fraction of sp³-hybridized carbons (Fsp3) is 0.529. The molecule has 0 amide bonds. The molecule has 0 spiro atoms. The molecule has 104 valence electrons. The molecule has 1 aromatic carbocycles. The number of rotatable bonds is 9. The first-order valence-electron chi connectivity index (χ1n) is 7.46. The summed E-state index contributed by atoms with van der Waals surface area (Å²) in [5.41, 5.74) is 2.78. The monoisotopic (exact) mass is 258 g/mol. The Morgan fingerprint density at radius 3 is 2.53 bits per heavy atom. The molecule has 0 aliphatic heterocycles. The van der Waals surface area contributed by atoms with Crippen molar-refractivity contribution >= 4 is 0 Å². The van der Waals surface area contributed by atoms with Crippen LogP contribution in [-0.2, 0) is 13.1 Å². The summed E-state index contributed by atoms with van der Waals surface area (Å²) in [6, 6.07) is 9.81. The zero-order chi connectivity index (χ0) is 13.5. The SMILES string of the molecule is C=CCN(CCC)Cc1ccc(CNC2CC2)cc1. The fourth-order valence-corrected chi connectivity index (χ4v) is 2.30. The minimum absolute atomic E-state index is 0.785. The zero-order valence-electron chi connectivity index (χ0n) is 12.1. The van der Waals surface area contributed by atoms with Crippen LogP contribution in [0.1, 0.15) is 37.3 Å². The van der Waals surface area contributed by atoms with Gasteiger partial charge in [-0.1, -0.05) is 37.3 Å². The molecule has 0 saturated heterocycles. The van der Waals surface area contributed by atoms with Gasteiger partial charge >= 0.3 is 0 Å². The second-order valence-electron chi connectivity index (χ2n) is 5.50. The Bertz CT molecular complexity index is 379. The van der Waals surface area contributed by atoms with Crippen molar-refractivity contribution in [3.63, 3.8) is 0 Å². The average molecular weight is 258 g/mol. The third-order valence-corrected chi connectivity index (χ3v) is 3.53. The van der Waals surface area contributed by atoms with Crippen LogP contribution in [0.3, 0.4) is 0 Å². The van der Waals surface area contributed by atoms with Crippen molar-refractivity contribution in [3.8, 4) is 0 Å². The zero-order valence-corrected chi connectivity index (χ0v) is 12.1. The van der Waals surface area contributed by atoms with Gasteiger partial charge in [-0.15, -0.1) is 6.58 Å². The summed E-state index contributed by atoms with van der Waals surface area (Å²) < 4.78 is 0. The van der Waals surface area contributed by atoms with Crippen LogP contribution < -0.4 is 5.32 Å². The van der Waals surface area contributed by atoms with E-state index in [-0.39, 0.29) is 0 Å². The van der Waals surface area contributed by atoms with Gasteiger partial charge in [0.05, 0.1) is 0 Å². The maximum Gasteiger partial charge on any atom is 0.0237 e. The van der Waals surface area contributed by atoms with Gasteiger partial charge in [-0.3, -0.25) is 4.90 Å². The highest BCUT2D eigenvalue weighted by Gasteiger charge is 2.19. The Balaban J connectivity index is 1.83. The summed E-state index contributed by atoms with van der Waals surface area (Å²) in [5.74, 6) is 0. The topological polar surface area (TPSA) is 15.3 Å². The highest BCUT2D eigenvalue weighted by atomic mass is 15.1. The third kappa shape index (κ3) is 5.17. The van der Waals surface area contributed by atoms with Crippen LogP contribution in [0.2, 0.25) is 0 Å². The number of nitrogens with one attached hydrogen (secondary N) is 1. The fourth-order valence-electron chi connectivity index (χ4n) is 2.30. The number of hydrogen-bond donors (Lipinski definition) is 1. The van der Waals surface area contributed by atoms with Crippen LogP contribution in [0.4, 0.5) is 0 Å². The number of benzene rings is 1. The maximum atomic E-state index is 3.84. The molecule has 1 saturated carbocycles. The maximum absolute atomic E-state index is 3.84. The molecule has 0 radical (unpaired) electrons. The van der Waals surface area contributed by atoms with E-state index in [9.17, 15) is 0 Å². The van der Waals surface area contributed by atoms with E-state index in [2.05, 4.69) is 48.0 Å². The molecular weight excluding hydrogens is 232 g/mol. The second kappa shape index (κ2) is 7.46. The summed E-state index contributed by atoms with van der Waals surface area (Å²) in [6.07, 6.45) is 5.89. The molecule has 2 rings (SSSR count). The van der Waals surface area contributed by atoms with Gasteiger partial charge in [-0.2, -0.15) is 0 Å². The Kier molecular flexibility index (Phi) is 5.62. The van der Waals surface area contributed by atoms with Crippen LogP contribution in [0.25, 0.3) is 0 Å². The lowest BCUT2D eigenvalue weighted by atomic mass is 10.1. The van der Waals surface area contributed by atoms with Gasteiger partial charge in [-0.25, -0.2) is 0 Å². The van der Waals surface area contributed by atoms with Crippen LogP contribution in [0, 0.1) is 0 Å². The molecule has 2 heteroatoms. The first-order valence-corrected chi connectivity index (χ1v) is 7.46. The standard InChI is InChI=1S/C17H26N2/c1-3-11-19(12-4-2)14-16-7-5-15(6-8-16)13-18-17-9-10-17/h3,5-8,17-18H,1,4,9-14H2,2H3. The average Bonchev–Trinajstić information content (AvgIpc) is 3.23. The van der Waals surface area contributed by atoms with Gasteiger partial charge in [0, 0.05) is 25.7 Å². The second-order valence-corrected chi connectivity index (χ2v) is 5.50. The predicted molar refractivity (Wildman–Crippen MR) is 82.1 cm³/mol. The van der Waals surface area contributed by atoms with E-state index in [1.54, 1.807) is 0 Å². The highest BCUT2D eigenvalue weighted by Crippen LogP contribution is 2.19. The smallest absolute Gasteiger partial charge is 0.0237 e. The third-order valence-electron chi connectivity index (χ3n) is 3.53. The minimum atomic E-state index is 0.785. The molecule has 0 heterocycles. The summed E-state index contributed by atoms with van der Waals surface area (Å²) in [5, 5.41) is 3.55. The van der Waals surface area contributed by atoms with Gasteiger partial charge in [0.2, 0.25) is 0 Å². The Labute approximate surface area is 117 Å². The van der Waals surface area contributed by atoms with E-state index < -0.39 is 0 Å². The van der Waals surface area contributed by atoms with E-state index >= 15 is 0 Å². The molecule has 1 aliphatic carbocycles. The molecule has 1 aromatic rings. The highest BCUT2D eigenvalue weighted by molar-refractivity contribution is 5.22. The van der Waals surface area contributed by atoms with Gasteiger partial charge in [-0.05, 0) is 36.9 Å². The van der Waals surface area contributed by atoms with Gasteiger partial charge in [0.15, 0.2) is 0 Å². The van der Waals surface area contributed by atoms with Crippen LogP contribution in [0.5, 0.6) is 0 Å². The van der Waals surface area contributed by atoms with Crippen molar-refractivity contribution in [2.45, 2.75) is 45.3 Å². The van der Waals surface area contributed by atoms with Crippen molar-refractivity contribution in [3.05, 3.63) is 48.0 Å². The van der Waals surface area contributed by atoms with E-state index in [1.165, 1.54) is 30.4 Å². The van der Waals surface area contributed by atoms with Crippen LogP contribution >= 0.6 is 0 Å². The predicted octanol–water partition coefficient (Wildman–Crippen LogP) is 3.34.